The van der Waals surface area contributed by atoms with Gasteiger partial charge in [-0.3, -0.25) is 0 Å². The zero-order valence-electron chi connectivity index (χ0n) is 7.29. The third-order valence-corrected chi connectivity index (χ3v) is 2.89. The molecule has 13 heavy (non-hydrogen) atoms. The zero-order chi connectivity index (χ0) is 9.42. The van der Waals surface area contributed by atoms with Crippen molar-refractivity contribution in [1.82, 2.24) is 3.22 Å². The molecule has 0 atom stereocenters. The third-order valence-electron chi connectivity index (χ3n) is 2.09. The van der Waals surface area contributed by atoms with Gasteiger partial charge in [0.25, 0.3) is 0 Å². The molecule has 2 nitrogen and oxygen atoms in total. The van der Waals surface area contributed by atoms with Crippen molar-refractivity contribution in [2.45, 2.75) is 6.92 Å². The van der Waals surface area contributed by atoms with Crippen LogP contribution in [0.2, 0.25) is 0 Å². The summed E-state index contributed by atoms with van der Waals surface area (Å²) in [5.74, 6) is 0. The lowest BCUT2D eigenvalue weighted by atomic mass is 10.0. The number of rotatable bonds is 0. The van der Waals surface area contributed by atoms with E-state index in [0.717, 1.165) is 11.4 Å². The van der Waals surface area contributed by atoms with E-state index < -0.39 is 0 Å². The van der Waals surface area contributed by atoms with Crippen molar-refractivity contribution in [3.63, 3.8) is 0 Å². The fourth-order valence-electron chi connectivity index (χ4n) is 1.40. The summed E-state index contributed by atoms with van der Waals surface area (Å²) >= 11 is 2.14. The minimum Gasteiger partial charge on any atom is -0.204 e. The van der Waals surface area contributed by atoms with Gasteiger partial charge in [-0.25, -0.2) is 3.22 Å². The predicted molar refractivity (Wildman–Crippen MR) is 63.5 cm³/mol. The predicted octanol–water partition coefficient (Wildman–Crippen LogP) is 3.05. The molecule has 1 aliphatic rings. The number of hydrazone groups is 1. The lowest BCUT2D eigenvalue weighted by Gasteiger charge is -2.22. The quantitative estimate of drug-likeness (QED) is 0.528. The molecule has 2 rings (SSSR count). The number of fused-ring (bicyclic) bond motifs is 1. The first kappa shape index (κ1) is 8.74. The fourth-order valence-corrected chi connectivity index (χ4v) is 1.98. The molecule has 1 heterocycles. The van der Waals surface area contributed by atoms with E-state index >= 15 is 0 Å². The van der Waals surface area contributed by atoms with Crippen LogP contribution in [0.25, 0.3) is 5.70 Å². The highest BCUT2D eigenvalue weighted by atomic mass is 127. The molecule has 0 spiro atoms. The third kappa shape index (κ3) is 1.37. The largest absolute Gasteiger partial charge is 0.204 e. The lowest BCUT2D eigenvalue weighted by Crippen LogP contribution is -2.14. The van der Waals surface area contributed by atoms with E-state index in [1.807, 2.05) is 19.1 Å². The zero-order valence-corrected chi connectivity index (χ0v) is 9.45. The average Bonchev–Trinajstić information content (AvgIpc) is 2.15. The van der Waals surface area contributed by atoms with Gasteiger partial charge in [-0.2, -0.15) is 5.10 Å². The van der Waals surface area contributed by atoms with Gasteiger partial charge in [-0.1, -0.05) is 30.8 Å². The van der Waals surface area contributed by atoms with Crippen LogP contribution >= 0.6 is 22.9 Å². The molecule has 3 heteroatoms. The van der Waals surface area contributed by atoms with Crippen LogP contribution in [0.1, 0.15) is 18.1 Å². The second-order valence-corrected chi connectivity index (χ2v) is 3.85. The van der Waals surface area contributed by atoms with Gasteiger partial charge in [0.15, 0.2) is 0 Å². The van der Waals surface area contributed by atoms with Gasteiger partial charge in [0.2, 0.25) is 0 Å². The van der Waals surface area contributed by atoms with Crippen LogP contribution in [-0.2, 0) is 0 Å². The highest BCUT2D eigenvalue weighted by Gasteiger charge is 2.17. The Morgan fingerprint density at radius 2 is 1.92 bits per heavy atom. The molecule has 0 bridgehead atoms. The Balaban J connectivity index is 2.65. The molecule has 0 aromatic heterocycles. The maximum atomic E-state index is 4.34. The van der Waals surface area contributed by atoms with Gasteiger partial charge < -0.3 is 0 Å². The van der Waals surface area contributed by atoms with Crippen LogP contribution in [0.3, 0.4) is 0 Å². The summed E-state index contributed by atoms with van der Waals surface area (Å²) in [7, 11) is 0. The Hall–Kier alpha value is -0.840. The summed E-state index contributed by atoms with van der Waals surface area (Å²) in [6, 6.07) is 8.19. The molecular formula is C10H9IN2. The van der Waals surface area contributed by atoms with Gasteiger partial charge in [-0.15, -0.1) is 0 Å². The van der Waals surface area contributed by atoms with Crippen molar-refractivity contribution in [3.05, 3.63) is 42.0 Å². The van der Waals surface area contributed by atoms with Crippen molar-refractivity contribution in [3.8, 4) is 0 Å². The average molecular weight is 284 g/mol. The van der Waals surface area contributed by atoms with Crippen LogP contribution in [0.4, 0.5) is 0 Å². The first-order valence-electron chi connectivity index (χ1n) is 4.00. The summed E-state index contributed by atoms with van der Waals surface area (Å²) in [5, 5.41) is 4.34. The second-order valence-electron chi connectivity index (χ2n) is 2.94. The minimum absolute atomic E-state index is 0.946. The summed E-state index contributed by atoms with van der Waals surface area (Å²) in [6.07, 6.45) is 0. The summed E-state index contributed by atoms with van der Waals surface area (Å²) < 4.78 is 1.79. The van der Waals surface area contributed by atoms with E-state index in [9.17, 15) is 0 Å². The second kappa shape index (κ2) is 3.14. The van der Waals surface area contributed by atoms with Gasteiger partial charge >= 0.3 is 0 Å². The van der Waals surface area contributed by atoms with Crippen molar-refractivity contribution in [2.24, 2.45) is 5.10 Å². The number of nitrogens with zero attached hydrogens (tertiary/aromatic N) is 2. The topological polar surface area (TPSA) is 15.6 Å². The van der Waals surface area contributed by atoms with Crippen LogP contribution in [0.5, 0.6) is 0 Å². The van der Waals surface area contributed by atoms with E-state index in [1.54, 1.807) is 3.22 Å². The van der Waals surface area contributed by atoms with E-state index in [0.29, 0.717) is 0 Å². The molecule has 0 unspecified atom stereocenters. The molecule has 1 aromatic carbocycles. The molecule has 0 N–H and O–H groups in total. The van der Waals surface area contributed by atoms with E-state index in [2.05, 4.69) is 46.7 Å². The van der Waals surface area contributed by atoms with Crippen molar-refractivity contribution in [2.75, 3.05) is 0 Å². The van der Waals surface area contributed by atoms with Crippen LogP contribution < -0.4 is 0 Å². The number of benzene rings is 1. The van der Waals surface area contributed by atoms with Crippen LogP contribution in [-0.4, -0.2) is 8.93 Å². The van der Waals surface area contributed by atoms with E-state index in [1.165, 1.54) is 11.1 Å². The van der Waals surface area contributed by atoms with Gasteiger partial charge in [0.1, 0.15) is 0 Å². The maximum Gasteiger partial charge on any atom is 0.0851 e. The molecule has 0 saturated heterocycles. The summed E-state index contributed by atoms with van der Waals surface area (Å²) in [6.45, 7) is 5.99. The highest BCUT2D eigenvalue weighted by Crippen LogP contribution is 2.29. The van der Waals surface area contributed by atoms with Crippen molar-refractivity contribution >= 4 is 34.3 Å². The van der Waals surface area contributed by atoms with Crippen molar-refractivity contribution < 1.29 is 0 Å². The summed E-state index contributed by atoms with van der Waals surface area (Å²) in [4.78, 5) is 0. The Morgan fingerprint density at radius 1 is 1.31 bits per heavy atom. The molecule has 1 aromatic rings. The molecule has 0 radical (unpaired) electrons. The number of hydrogen-bond acceptors (Lipinski definition) is 2. The van der Waals surface area contributed by atoms with Gasteiger partial charge in [0.05, 0.1) is 34.3 Å². The molecule has 0 aliphatic carbocycles. The van der Waals surface area contributed by atoms with Crippen molar-refractivity contribution in [1.29, 1.82) is 0 Å². The normalized spacial score (nSPS) is 15.4. The number of hydrogen-bond donors (Lipinski definition) is 0. The standard InChI is InChI=1S/C10H9IN2/c1-7-9-5-3-4-6-10(9)8(2)13(11)12-7/h3-6H,2H2,1H3. The van der Waals surface area contributed by atoms with Gasteiger partial charge in [-0.05, 0) is 6.92 Å². The molecular weight excluding hydrogens is 275 g/mol. The smallest absolute Gasteiger partial charge is 0.0851 e. The lowest BCUT2D eigenvalue weighted by molar-refractivity contribution is 0.750. The molecule has 1 aliphatic heterocycles. The molecule has 0 amide bonds. The Morgan fingerprint density at radius 3 is 2.62 bits per heavy atom. The van der Waals surface area contributed by atoms with E-state index in [-0.39, 0.29) is 0 Å². The fraction of sp³-hybridized carbons (Fsp3) is 0.100. The minimum atomic E-state index is 0.946. The SMILES string of the molecule is C=C1c2ccccc2C(C)=NN1I. The molecule has 66 valence electrons. The highest BCUT2D eigenvalue weighted by molar-refractivity contribution is 14.1. The van der Waals surface area contributed by atoms with Gasteiger partial charge in [0, 0.05) is 11.1 Å². The first-order valence-corrected chi connectivity index (χ1v) is 4.96. The summed E-state index contributed by atoms with van der Waals surface area (Å²) in [5.41, 5.74) is 4.34. The van der Waals surface area contributed by atoms with E-state index in [4.69, 9.17) is 0 Å². The Bertz CT molecular complexity index is 396. The van der Waals surface area contributed by atoms with Crippen LogP contribution in [0, 0.1) is 0 Å². The molecule has 0 fully saturated rings. The Labute approximate surface area is 91.4 Å². The number of halogens is 1. The van der Waals surface area contributed by atoms with Crippen LogP contribution in [0.15, 0.2) is 35.9 Å². The monoisotopic (exact) mass is 284 g/mol. The Kier molecular flexibility index (Phi) is 2.11. The molecule has 0 saturated carbocycles. The first-order chi connectivity index (χ1) is 6.20. The maximum absolute atomic E-state index is 4.34.